The van der Waals surface area contributed by atoms with Crippen molar-refractivity contribution < 1.29 is 14.3 Å². The van der Waals surface area contributed by atoms with Gasteiger partial charge in [-0.2, -0.15) is 0 Å². The monoisotopic (exact) mass is 483 g/mol. The Morgan fingerprint density at radius 2 is 1.24 bits per heavy atom. The summed E-state index contributed by atoms with van der Waals surface area (Å²) in [6.07, 6.45) is 0. The minimum absolute atomic E-state index is 0.0124. The summed E-state index contributed by atoms with van der Waals surface area (Å²) >= 11 is 0. The van der Waals surface area contributed by atoms with E-state index < -0.39 is 0 Å². The Hall–Kier alpha value is -4.70. The van der Waals surface area contributed by atoms with E-state index in [4.69, 9.17) is 4.74 Å². The van der Waals surface area contributed by atoms with Crippen molar-refractivity contribution in [1.82, 2.24) is 4.57 Å². The zero-order valence-electron chi connectivity index (χ0n) is 20.7. The summed E-state index contributed by atoms with van der Waals surface area (Å²) in [5, 5.41) is 3.91. The number of benzene rings is 5. The van der Waals surface area contributed by atoms with Crippen LogP contribution in [0.3, 0.4) is 0 Å². The van der Waals surface area contributed by atoms with Crippen molar-refractivity contribution in [3.8, 4) is 5.75 Å². The van der Waals surface area contributed by atoms with E-state index in [1.807, 2.05) is 78.9 Å². The second-order valence-electron chi connectivity index (χ2n) is 9.12. The fourth-order valence-corrected chi connectivity index (χ4v) is 5.22. The van der Waals surface area contributed by atoms with Gasteiger partial charge >= 0.3 is 0 Å². The van der Waals surface area contributed by atoms with Gasteiger partial charge in [0.25, 0.3) is 0 Å². The molecule has 37 heavy (non-hydrogen) atoms. The summed E-state index contributed by atoms with van der Waals surface area (Å²) in [6.45, 7) is 2.88. The Labute approximate surface area is 214 Å². The Balaban J connectivity index is 1.48. The molecule has 0 atom stereocenters. The number of hydrogen-bond acceptors (Lipinski definition) is 3. The predicted octanol–water partition coefficient (Wildman–Crippen LogP) is 7.44. The number of carbonyl (C=O) groups is 2. The first-order chi connectivity index (χ1) is 18.1. The summed E-state index contributed by atoms with van der Waals surface area (Å²) in [5.41, 5.74) is 4.61. The Morgan fingerprint density at radius 1 is 0.649 bits per heavy atom. The molecule has 0 aliphatic heterocycles. The average Bonchev–Trinajstić information content (AvgIpc) is 3.28. The van der Waals surface area contributed by atoms with E-state index in [0.29, 0.717) is 28.0 Å². The maximum atomic E-state index is 13.7. The van der Waals surface area contributed by atoms with Gasteiger partial charge in [0.2, 0.25) is 0 Å². The van der Waals surface area contributed by atoms with Crippen molar-refractivity contribution >= 4 is 44.1 Å². The molecule has 6 rings (SSSR count). The van der Waals surface area contributed by atoms with Crippen molar-refractivity contribution in [2.45, 2.75) is 13.5 Å². The number of ketones is 2. The van der Waals surface area contributed by atoms with Crippen molar-refractivity contribution in [3.05, 3.63) is 125 Å². The lowest BCUT2D eigenvalue weighted by molar-refractivity contribution is 0.103. The fraction of sp³-hybridized carbons (Fsp3) is 0.0909. The molecule has 0 N–H and O–H groups in total. The molecule has 6 aromatic rings. The van der Waals surface area contributed by atoms with Gasteiger partial charge in [0, 0.05) is 50.6 Å². The molecular weight excluding hydrogens is 458 g/mol. The number of nitrogens with zero attached hydrogens (tertiary/aromatic N) is 1. The summed E-state index contributed by atoms with van der Waals surface area (Å²) in [7, 11) is 1.60. The standard InChI is InChI=1S/C33H25NO3/c1-3-34-30-17-13-23(32(35)22-11-15-25(37-2)16-12-22)19-28(30)29-20-24(14-18-31(29)34)33(36)27-10-6-8-21-7-4-5-9-26(21)27/h4-20H,3H2,1-2H3. The predicted molar refractivity (Wildman–Crippen MR) is 149 cm³/mol. The fourth-order valence-electron chi connectivity index (χ4n) is 5.22. The summed E-state index contributed by atoms with van der Waals surface area (Å²) in [5.74, 6) is 0.646. The number of aromatic nitrogens is 1. The largest absolute Gasteiger partial charge is 0.497 e. The molecule has 0 saturated heterocycles. The molecule has 4 nitrogen and oxygen atoms in total. The smallest absolute Gasteiger partial charge is 0.193 e. The SMILES string of the molecule is CCn1c2ccc(C(=O)c3ccc(OC)cc3)cc2c2cc(C(=O)c3cccc4ccccc34)ccc21. The van der Waals surface area contributed by atoms with E-state index in [0.717, 1.165) is 39.1 Å². The number of ether oxygens (including phenoxy) is 1. The zero-order valence-corrected chi connectivity index (χ0v) is 20.7. The van der Waals surface area contributed by atoms with Crippen LogP contribution in [0.15, 0.2) is 103 Å². The second kappa shape index (κ2) is 9.07. The van der Waals surface area contributed by atoms with Crippen LogP contribution < -0.4 is 4.74 Å². The van der Waals surface area contributed by atoms with E-state index in [1.165, 1.54) is 0 Å². The molecule has 1 aromatic heterocycles. The van der Waals surface area contributed by atoms with E-state index in [1.54, 1.807) is 31.4 Å². The molecule has 5 aromatic carbocycles. The van der Waals surface area contributed by atoms with Gasteiger partial charge in [0.05, 0.1) is 7.11 Å². The lowest BCUT2D eigenvalue weighted by atomic mass is 9.96. The summed E-state index contributed by atoms with van der Waals surface area (Å²) in [4.78, 5) is 26.9. The molecule has 0 amide bonds. The first-order valence-electron chi connectivity index (χ1n) is 12.4. The highest BCUT2D eigenvalue weighted by Crippen LogP contribution is 2.32. The molecule has 0 fully saturated rings. The van der Waals surface area contributed by atoms with Crippen LogP contribution in [0.1, 0.15) is 38.8 Å². The Kier molecular flexibility index (Phi) is 5.57. The maximum Gasteiger partial charge on any atom is 0.193 e. The number of fused-ring (bicyclic) bond motifs is 4. The molecule has 0 unspecified atom stereocenters. The number of carbonyl (C=O) groups excluding carboxylic acids is 2. The quantitative estimate of drug-likeness (QED) is 0.231. The van der Waals surface area contributed by atoms with E-state index in [2.05, 4.69) is 11.5 Å². The highest BCUT2D eigenvalue weighted by molar-refractivity contribution is 6.20. The van der Waals surface area contributed by atoms with Gasteiger partial charge in [-0.15, -0.1) is 0 Å². The third-order valence-electron chi connectivity index (χ3n) is 7.09. The van der Waals surface area contributed by atoms with Crippen molar-refractivity contribution in [3.63, 3.8) is 0 Å². The second-order valence-corrected chi connectivity index (χ2v) is 9.12. The van der Waals surface area contributed by atoms with Gasteiger partial charge in [-0.25, -0.2) is 0 Å². The van der Waals surface area contributed by atoms with Crippen molar-refractivity contribution in [1.29, 1.82) is 0 Å². The minimum atomic E-state index is -0.0510. The van der Waals surface area contributed by atoms with Crippen molar-refractivity contribution in [2.75, 3.05) is 7.11 Å². The lowest BCUT2D eigenvalue weighted by Crippen LogP contribution is -2.02. The first-order valence-corrected chi connectivity index (χ1v) is 12.4. The average molecular weight is 484 g/mol. The van der Waals surface area contributed by atoms with Gasteiger partial charge in [0.15, 0.2) is 11.6 Å². The van der Waals surface area contributed by atoms with Crippen LogP contribution in [0, 0.1) is 0 Å². The Morgan fingerprint density at radius 3 is 1.89 bits per heavy atom. The van der Waals surface area contributed by atoms with Gasteiger partial charge in [0.1, 0.15) is 5.75 Å². The normalized spacial score (nSPS) is 11.3. The van der Waals surface area contributed by atoms with Gasteiger partial charge in [-0.3, -0.25) is 9.59 Å². The number of methoxy groups -OCH3 is 1. The highest BCUT2D eigenvalue weighted by Gasteiger charge is 2.18. The topological polar surface area (TPSA) is 48.3 Å². The zero-order chi connectivity index (χ0) is 25.5. The lowest BCUT2D eigenvalue weighted by Gasteiger charge is -2.07. The molecule has 0 radical (unpaired) electrons. The molecular formula is C33H25NO3. The molecule has 0 aliphatic rings. The highest BCUT2D eigenvalue weighted by atomic mass is 16.5. The van der Waals surface area contributed by atoms with Crippen LogP contribution in [0.2, 0.25) is 0 Å². The molecule has 0 spiro atoms. The van der Waals surface area contributed by atoms with Crippen LogP contribution in [0.5, 0.6) is 5.75 Å². The van der Waals surface area contributed by atoms with Gasteiger partial charge in [-0.1, -0.05) is 42.5 Å². The number of hydrogen-bond donors (Lipinski definition) is 0. The van der Waals surface area contributed by atoms with Crippen LogP contribution in [0.25, 0.3) is 32.6 Å². The molecule has 0 saturated carbocycles. The third-order valence-corrected chi connectivity index (χ3v) is 7.09. The third kappa shape index (κ3) is 3.78. The maximum absolute atomic E-state index is 13.7. The molecule has 0 aliphatic carbocycles. The minimum Gasteiger partial charge on any atom is -0.497 e. The van der Waals surface area contributed by atoms with E-state index in [9.17, 15) is 9.59 Å². The summed E-state index contributed by atoms with van der Waals surface area (Å²) in [6, 6.07) is 32.6. The van der Waals surface area contributed by atoms with Crippen LogP contribution in [-0.4, -0.2) is 23.2 Å². The van der Waals surface area contributed by atoms with Crippen LogP contribution in [-0.2, 0) is 6.54 Å². The molecule has 180 valence electrons. The van der Waals surface area contributed by atoms with Gasteiger partial charge in [-0.05, 0) is 78.4 Å². The van der Waals surface area contributed by atoms with E-state index in [-0.39, 0.29) is 11.6 Å². The van der Waals surface area contributed by atoms with E-state index >= 15 is 0 Å². The molecule has 0 bridgehead atoms. The molecule has 1 heterocycles. The van der Waals surface area contributed by atoms with Crippen molar-refractivity contribution in [2.24, 2.45) is 0 Å². The number of aryl methyl sites for hydroxylation is 1. The Bertz CT molecular complexity index is 1820. The molecule has 4 heteroatoms. The van der Waals surface area contributed by atoms with Crippen LogP contribution >= 0.6 is 0 Å². The van der Waals surface area contributed by atoms with Crippen LogP contribution in [0.4, 0.5) is 0 Å². The summed E-state index contributed by atoms with van der Waals surface area (Å²) < 4.78 is 7.44. The van der Waals surface area contributed by atoms with Gasteiger partial charge < -0.3 is 9.30 Å². The number of rotatable bonds is 6. The first kappa shape index (κ1) is 22.7.